The highest BCUT2D eigenvalue weighted by atomic mass is 16.1. The summed E-state index contributed by atoms with van der Waals surface area (Å²) in [6.45, 7) is 9.60. The van der Waals surface area contributed by atoms with Gasteiger partial charge >= 0.3 is 0 Å². The Morgan fingerprint density at radius 3 is 1.74 bits per heavy atom. The van der Waals surface area contributed by atoms with Gasteiger partial charge in [0.15, 0.2) is 11.6 Å². The van der Waals surface area contributed by atoms with Crippen LogP contribution in [-0.4, -0.2) is 31.9 Å². The normalized spacial score (nSPS) is 27.6. The maximum Gasteiger partial charge on any atom is 0.171 e. The van der Waals surface area contributed by atoms with Crippen LogP contribution in [0.1, 0.15) is 146 Å². The van der Waals surface area contributed by atoms with Crippen LogP contribution in [0, 0.1) is 0 Å². The Balaban J connectivity index is 0.931. The average Bonchev–Trinajstić information content (AvgIpc) is 0.706. The first-order chi connectivity index (χ1) is 41.1. The molecule has 6 heteroatoms. The summed E-state index contributed by atoms with van der Waals surface area (Å²) >= 11 is 0. The minimum atomic E-state index is -0.403. The fourth-order valence-corrected chi connectivity index (χ4v) is 21.3. The lowest BCUT2D eigenvalue weighted by Crippen LogP contribution is -2.62. The Hall–Kier alpha value is -9.52. The molecule has 0 radical (unpaired) electrons. The molecule has 6 heterocycles. The van der Waals surface area contributed by atoms with Gasteiger partial charge in [-0.3, -0.25) is 19.6 Å². The van der Waals surface area contributed by atoms with Crippen LogP contribution in [0.2, 0.25) is 0 Å². The van der Waals surface area contributed by atoms with Gasteiger partial charge in [-0.1, -0.05) is 179 Å². The number of fused-ring (bicyclic) bond motifs is 31. The van der Waals surface area contributed by atoms with Gasteiger partial charge in [0.1, 0.15) is 0 Å². The van der Waals surface area contributed by atoms with Gasteiger partial charge in [0.05, 0.1) is 63.6 Å². The highest BCUT2D eigenvalue weighted by Gasteiger charge is 2.72. The molecule has 1 fully saturated rings. The number of carbonyl (C=O) groups excluding carboxylic acids is 2. The molecule has 2 spiro atoms. The first-order valence-corrected chi connectivity index (χ1v) is 30.3. The van der Waals surface area contributed by atoms with E-state index in [1.165, 1.54) is 132 Å². The molecule has 0 bridgehead atoms. The van der Waals surface area contributed by atoms with Crippen LogP contribution in [0.25, 0.3) is 71.7 Å². The number of Topliss-reactive ketones (excluding diaryl/α,β-unsaturated/α-hetero) is 2. The molecular weight excluding hydrogens is 1020 g/mol. The quantitative estimate of drug-likeness (QED) is 0.152. The molecule has 12 aliphatic rings. The van der Waals surface area contributed by atoms with Crippen molar-refractivity contribution < 1.29 is 9.59 Å². The van der Waals surface area contributed by atoms with Gasteiger partial charge in [-0.15, -0.1) is 0 Å². The number of aromatic nitrogens is 3. The molecular formula is C78H48N4O2. The molecule has 23 rings (SSSR count). The molecule has 9 aliphatic carbocycles. The molecule has 6 nitrogen and oxygen atoms in total. The van der Waals surface area contributed by atoms with E-state index in [2.05, 4.69) is 219 Å². The van der Waals surface area contributed by atoms with E-state index in [1.807, 2.05) is 0 Å². The van der Waals surface area contributed by atoms with E-state index in [4.69, 9.17) is 9.98 Å². The van der Waals surface area contributed by atoms with Crippen LogP contribution in [0.15, 0.2) is 198 Å². The van der Waals surface area contributed by atoms with Crippen molar-refractivity contribution in [3.05, 3.63) is 281 Å². The van der Waals surface area contributed by atoms with E-state index in [9.17, 15) is 0 Å². The lowest BCUT2D eigenvalue weighted by atomic mass is 9.35. The Kier molecular flexibility index (Phi) is 6.67. The molecule has 0 amide bonds. The van der Waals surface area contributed by atoms with Crippen molar-refractivity contribution in [2.24, 2.45) is 4.99 Å². The predicted octanol–water partition coefficient (Wildman–Crippen LogP) is 14.2. The summed E-state index contributed by atoms with van der Waals surface area (Å²) in [7, 11) is 0. The molecule has 0 N–H and O–H groups in total. The maximum atomic E-state index is 16.0. The maximum absolute atomic E-state index is 16.0. The third kappa shape index (κ3) is 3.94. The molecule has 392 valence electrons. The molecule has 0 saturated heterocycles. The number of carbonyl (C=O) groups is 2. The van der Waals surface area contributed by atoms with Crippen molar-refractivity contribution in [1.29, 1.82) is 0 Å². The highest BCUT2D eigenvalue weighted by Crippen LogP contribution is 2.77. The second-order valence-corrected chi connectivity index (χ2v) is 27.5. The number of nitrogens with zero attached hydrogens (tertiary/aromatic N) is 4. The second kappa shape index (κ2) is 13.0. The van der Waals surface area contributed by atoms with Crippen molar-refractivity contribution in [2.75, 3.05) is 0 Å². The van der Waals surface area contributed by atoms with Crippen molar-refractivity contribution in [3.63, 3.8) is 0 Å². The fourth-order valence-electron chi connectivity index (χ4n) is 21.3. The summed E-state index contributed by atoms with van der Waals surface area (Å²) in [5.74, 6) is 0.0447. The summed E-state index contributed by atoms with van der Waals surface area (Å²) in [4.78, 5) is 43.1. The van der Waals surface area contributed by atoms with E-state index in [0.717, 1.165) is 44.7 Å². The number of pyridine rings is 1. The first kappa shape index (κ1) is 43.2. The van der Waals surface area contributed by atoms with Gasteiger partial charge in [-0.25, -0.2) is 0 Å². The number of benzene rings is 8. The molecule has 84 heavy (non-hydrogen) atoms. The third-order valence-corrected chi connectivity index (χ3v) is 24.1. The summed E-state index contributed by atoms with van der Waals surface area (Å²) in [5, 5.41) is 7.40. The molecule has 8 aromatic carbocycles. The van der Waals surface area contributed by atoms with Crippen molar-refractivity contribution in [1.82, 2.24) is 14.1 Å². The summed E-state index contributed by atoms with van der Waals surface area (Å²) < 4.78 is 5.26. The standard InChI is InChI=1S/C78H48N4O2/c1-75(2)47-23-11-9-21-39(47)69-67(75)59-55(33-79-69)81-53-31-43-42(64-36-18-6-14-26-50(36)78(64)52-28-16-7-19-37(52)65(78)73(43)83)30-46(53)58-62-60-56(34-80-70-40-22-10-12-24-48(40)76(3,4)68(60)70)82-54-32-44-41(29-45(54)57(72(62)82)61(59)71(58)81)63-35-17-5-13-25-49(35)77(63)51-27-15-8-20-38(51)66(77)74(44)84/h5-34,53,56,63-66H,1-4H3. The third-order valence-electron chi connectivity index (χ3n) is 24.1. The number of hydrogen-bond acceptors (Lipinski definition) is 4. The van der Waals surface area contributed by atoms with Crippen molar-refractivity contribution in [3.8, 4) is 11.3 Å². The Morgan fingerprint density at radius 2 is 1.05 bits per heavy atom. The summed E-state index contributed by atoms with van der Waals surface area (Å²) in [6.07, 6.45) is 9.34. The zero-order valence-electron chi connectivity index (χ0n) is 46.4. The van der Waals surface area contributed by atoms with E-state index in [1.54, 1.807) is 0 Å². The topological polar surface area (TPSA) is 69.2 Å². The number of ketones is 2. The number of allylic oxidation sites excluding steroid dienone is 5. The van der Waals surface area contributed by atoms with Crippen LogP contribution >= 0.6 is 0 Å². The lowest BCUT2D eigenvalue weighted by molar-refractivity contribution is -0.120. The van der Waals surface area contributed by atoms with Crippen LogP contribution in [0.3, 0.4) is 0 Å². The first-order valence-electron chi connectivity index (χ1n) is 30.3. The minimum absolute atomic E-state index is 0.0305. The SMILES string of the molecule is CC1(C)C2=C(N=CC3C2=c2c4c5c(c6c7c(ncc6n5C5C=C6C(=O)C8c9ccccc9C89c8ccccc8C9C6=CC=45)-c4ccccc4C7(C)C)c4c5cc6c(cc5n3c24)C(=O)C2c3ccccc3C23c2ccccc2C63)c2ccccc21. The van der Waals surface area contributed by atoms with E-state index in [0.29, 0.717) is 0 Å². The van der Waals surface area contributed by atoms with Gasteiger partial charge in [0.2, 0.25) is 0 Å². The predicted molar refractivity (Wildman–Crippen MR) is 330 cm³/mol. The fraction of sp³-hybridized carbons (Fsp3) is 0.179. The molecule has 8 atom stereocenters. The van der Waals surface area contributed by atoms with Crippen LogP contribution in [0.4, 0.5) is 0 Å². The van der Waals surface area contributed by atoms with Gasteiger partial charge in [-0.05, 0) is 107 Å². The van der Waals surface area contributed by atoms with Gasteiger partial charge in [-0.2, -0.15) is 0 Å². The van der Waals surface area contributed by atoms with Gasteiger partial charge < -0.3 is 9.13 Å². The highest BCUT2D eigenvalue weighted by molar-refractivity contribution is 6.33. The van der Waals surface area contributed by atoms with Crippen LogP contribution in [0.5, 0.6) is 0 Å². The zero-order valence-corrected chi connectivity index (χ0v) is 46.4. The van der Waals surface area contributed by atoms with Crippen LogP contribution < -0.4 is 10.4 Å². The van der Waals surface area contributed by atoms with Gasteiger partial charge in [0, 0.05) is 94.0 Å². The van der Waals surface area contributed by atoms with E-state index >= 15 is 9.59 Å². The molecule has 3 aromatic heterocycles. The van der Waals surface area contributed by atoms with E-state index < -0.39 is 16.2 Å². The monoisotopic (exact) mass is 1070 g/mol. The van der Waals surface area contributed by atoms with Crippen molar-refractivity contribution >= 4 is 78.2 Å². The molecule has 11 aromatic rings. The molecule has 8 unspecified atom stereocenters. The largest absolute Gasteiger partial charge is 0.327 e. The zero-order chi connectivity index (χ0) is 54.9. The smallest absolute Gasteiger partial charge is 0.171 e. The summed E-state index contributed by atoms with van der Waals surface area (Å²) in [5.41, 5.74) is 29.4. The Bertz CT molecular complexity index is 5670. The lowest BCUT2D eigenvalue weighted by Gasteiger charge is -2.65. The minimum Gasteiger partial charge on any atom is -0.327 e. The van der Waals surface area contributed by atoms with Gasteiger partial charge in [0.25, 0.3) is 0 Å². The molecule has 3 aliphatic heterocycles. The second-order valence-electron chi connectivity index (χ2n) is 27.5. The number of hydrogen-bond donors (Lipinski definition) is 0. The molecule has 1 saturated carbocycles. The van der Waals surface area contributed by atoms with Crippen molar-refractivity contribution in [2.45, 2.75) is 85.1 Å². The number of aliphatic imine (C=N–C) groups is 1. The Labute approximate surface area is 481 Å². The number of rotatable bonds is 0. The van der Waals surface area contributed by atoms with Crippen LogP contribution in [-0.2, 0) is 26.5 Å². The van der Waals surface area contributed by atoms with E-state index in [-0.39, 0.29) is 52.7 Å². The average molecular weight is 1070 g/mol. The summed E-state index contributed by atoms with van der Waals surface area (Å²) in [6, 6.07) is 57.6. The Morgan fingerprint density at radius 1 is 0.488 bits per heavy atom.